The van der Waals surface area contributed by atoms with E-state index >= 15 is 0 Å². The number of para-hydroxylation sites is 2. The predicted octanol–water partition coefficient (Wildman–Crippen LogP) is 2.17. The molecule has 0 aliphatic heterocycles. The quantitative estimate of drug-likeness (QED) is 0.755. The van der Waals surface area contributed by atoms with Crippen molar-refractivity contribution >= 4 is 22.6 Å². The topological polar surface area (TPSA) is 76.0 Å². The molecule has 0 saturated heterocycles. The van der Waals surface area contributed by atoms with Crippen molar-refractivity contribution in [3.05, 3.63) is 71.3 Å². The smallest absolute Gasteiger partial charge is 0.307 e. The first-order valence-electron chi connectivity index (χ1n) is 6.33. The number of hydrogen-bond acceptors (Lipinski definition) is 3. The molecule has 2 N–H and O–H groups in total. The van der Waals surface area contributed by atoms with Crippen molar-refractivity contribution < 1.29 is 4.79 Å². The molecule has 3 aromatic rings. The molecule has 2 aromatic carbocycles. The second-order valence-corrected chi connectivity index (χ2v) is 4.37. The molecule has 2 amide bonds. The highest BCUT2D eigenvalue weighted by molar-refractivity contribution is 5.95. The van der Waals surface area contributed by atoms with Gasteiger partial charge in [-0.25, -0.2) is 19.9 Å². The zero-order valence-electron chi connectivity index (χ0n) is 11.0. The number of rotatable bonds is 2. The van der Waals surface area contributed by atoms with Gasteiger partial charge in [-0.1, -0.05) is 30.3 Å². The molecular weight excluding hydrogens is 268 g/mol. The zero-order valence-corrected chi connectivity index (χ0v) is 11.0. The summed E-state index contributed by atoms with van der Waals surface area (Å²) < 4.78 is 1.06. The Morgan fingerprint density at radius 2 is 1.71 bits per heavy atom. The van der Waals surface area contributed by atoms with E-state index in [0.717, 1.165) is 4.68 Å². The maximum absolute atomic E-state index is 12.2. The van der Waals surface area contributed by atoms with E-state index in [1.54, 1.807) is 48.5 Å². The summed E-state index contributed by atoms with van der Waals surface area (Å²) in [6.07, 6.45) is 1.29. The maximum Gasteiger partial charge on any atom is 0.338 e. The van der Waals surface area contributed by atoms with E-state index in [1.165, 1.54) is 6.33 Å². The van der Waals surface area contributed by atoms with Crippen molar-refractivity contribution in [2.24, 2.45) is 0 Å². The van der Waals surface area contributed by atoms with Crippen molar-refractivity contribution in [2.45, 2.75) is 0 Å². The monoisotopic (exact) mass is 280 g/mol. The molecule has 0 radical (unpaired) electrons. The number of carbonyl (C=O) groups excluding carboxylic acids is 1. The Hall–Kier alpha value is -3.15. The van der Waals surface area contributed by atoms with Gasteiger partial charge in [-0.05, 0) is 24.3 Å². The number of urea groups is 1. The number of benzene rings is 2. The number of nitrogens with zero attached hydrogens (tertiary/aromatic N) is 2. The largest absolute Gasteiger partial charge is 0.338 e. The van der Waals surface area contributed by atoms with Crippen LogP contribution in [0.2, 0.25) is 0 Å². The molecule has 21 heavy (non-hydrogen) atoms. The van der Waals surface area contributed by atoms with Crippen LogP contribution in [-0.4, -0.2) is 15.7 Å². The van der Waals surface area contributed by atoms with E-state index < -0.39 is 6.03 Å². The Morgan fingerprint density at radius 1 is 1.00 bits per heavy atom. The Bertz CT molecular complexity index is 843. The molecule has 0 unspecified atom stereocenters. The van der Waals surface area contributed by atoms with Gasteiger partial charge < -0.3 is 5.32 Å². The van der Waals surface area contributed by atoms with Crippen LogP contribution in [-0.2, 0) is 0 Å². The number of fused-ring (bicyclic) bond motifs is 1. The van der Waals surface area contributed by atoms with Crippen molar-refractivity contribution in [2.75, 3.05) is 10.7 Å². The lowest BCUT2D eigenvalue weighted by Gasteiger charge is -2.09. The highest BCUT2D eigenvalue weighted by Crippen LogP contribution is 2.05. The van der Waals surface area contributed by atoms with E-state index in [0.29, 0.717) is 16.6 Å². The van der Waals surface area contributed by atoms with E-state index in [4.69, 9.17) is 0 Å². The van der Waals surface area contributed by atoms with Crippen molar-refractivity contribution in [1.29, 1.82) is 0 Å². The SMILES string of the molecule is O=C(Nc1ccccc1)Nn1cnc2ccccc2c1=O. The summed E-state index contributed by atoms with van der Waals surface area (Å²) in [5.74, 6) is 0. The third-order valence-corrected chi connectivity index (χ3v) is 2.92. The molecule has 0 fully saturated rings. The number of amides is 2. The van der Waals surface area contributed by atoms with Crippen LogP contribution in [0.25, 0.3) is 10.9 Å². The van der Waals surface area contributed by atoms with Crippen LogP contribution >= 0.6 is 0 Å². The standard InChI is InChI=1S/C15H12N4O2/c20-14-12-8-4-5-9-13(12)16-10-19(14)18-15(21)17-11-6-2-1-3-7-11/h1-10H,(H2,17,18,21). The normalized spacial score (nSPS) is 10.3. The van der Waals surface area contributed by atoms with Gasteiger partial charge in [-0.3, -0.25) is 4.79 Å². The van der Waals surface area contributed by atoms with Crippen LogP contribution in [0, 0.1) is 0 Å². The number of hydrogen-bond donors (Lipinski definition) is 2. The van der Waals surface area contributed by atoms with Crippen molar-refractivity contribution in [1.82, 2.24) is 9.66 Å². The molecule has 104 valence electrons. The molecule has 0 bridgehead atoms. The van der Waals surface area contributed by atoms with Crippen molar-refractivity contribution in [3.63, 3.8) is 0 Å². The molecule has 0 aliphatic carbocycles. The Balaban J connectivity index is 1.83. The van der Waals surface area contributed by atoms with Crippen LogP contribution in [0.3, 0.4) is 0 Å². The van der Waals surface area contributed by atoms with Gasteiger partial charge in [0.2, 0.25) is 0 Å². The summed E-state index contributed by atoms with van der Waals surface area (Å²) in [6, 6.07) is 15.4. The van der Waals surface area contributed by atoms with Gasteiger partial charge in [0.1, 0.15) is 6.33 Å². The average molecular weight is 280 g/mol. The minimum absolute atomic E-state index is 0.330. The van der Waals surface area contributed by atoms with E-state index in [9.17, 15) is 9.59 Å². The fraction of sp³-hybridized carbons (Fsp3) is 0. The third-order valence-electron chi connectivity index (χ3n) is 2.92. The fourth-order valence-electron chi connectivity index (χ4n) is 1.94. The van der Waals surface area contributed by atoms with Crippen LogP contribution in [0.4, 0.5) is 10.5 Å². The van der Waals surface area contributed by atoms with Crippen LogP contribution < -0.4 is 16.3 Å². The summed E-state index contributed by atoms with van der Waals surface area (Å²) in [5.41, 5.74) is 3.34. The van der Waals surface area contributed by atoms with Gasteiger partial charge in [0, 0.05) is 5.69 Å². The Morgan fingerprint density at radius 3 is 2.52 bits per heavy atom. The molecule has 3 rings (SSSR count). The van der Waals surface area contributed by atoms with E-state index in [1.807, 2.05) is 6.07 Å². The Labute approximate surface area is 120 Å². The van der Waals surface area contributed by atoms with E-state index in [-0.39, 0.29) is 5.56 Å². The predicted molar refractivity (Wildman–Crippen MR) is 80.8 cm³/mol. The molecule has 0 atom stereocenters. The highest BCUT2D eigenvalue weighted by Gasteiger charge is 2.06. The maximum atomic E-state index is 12.2. The fourth-order valence-corrected chi connectivity index (χ4v) is 1.94. The number of anilines is 1. The van der Waals surface area contributed by atoms with Gasteiger partial charge in [0.05, 0.1) is 10.9 Å². The summed E-state index contributed by atoms with van der Waals surface area (Å²) >= 11 is 0. The minimum atomic E-state index is -0.514. The molecule has 0 spiro atoms. The van der Waals surface area contributed by atoms with Crippen LogP contribution in [0.5, 0.6) is 0 Å². The van der Waals surface area contributed by atoms with Gasteiger partial charge in [-0.2, -0.15) is 0 Å². The molecule has 6 heteroatoms. The average Bonchev–Trinajstić information content (AvgIpc) is 2.51. The van der Waals surface area contributed by atoms with E-state index in [2.05, 4.69) is 15.7 Å². The minimum Gasteiger partial charge on any atom is -0.307 e. The second kappa shape index (κ2) is 5.46. The van der Waals surface area contributed by atoms with Gasteiger partial charge in [0.15, 0.2) is 0 Å². The molecule has 1 heterocycles. The first kappa shape index (κ1) is 12.9. The summed E-state index contributed by atoms with van der Waals surface area (Å²) in [5, 5.41) is 3.07. The molecule has 0 aliphatic rings. The number of aromatic nitrogens is 2. The summed E-state index contributed by atoms with van der Waals surface area (Å²) in [4.78, 5) is 28.2. The van der Waals surface area contributed by atoms with Crippen LogP contribution in [0.15, 0.2) is 65.7 Å². The first-order chi connectivity index (χ1) is 10.2. The summed E-state index contributed by atoms with van der Waals surface area (Å²) in [6.45, 7) is 0. The lowest BCUT2D eigenvalue weighted by atomic mass is 10.2. The zero-order chi connectivity index (χ0) is 14.7. The number of carbonyl (C=O) groups is 1. The molecule has 1 aromatic heterocycles. The summed E-state index contributed by atoms with van der Waals surface area (Å²) in [7, 11) is 0. The molecule has 6 nitrogen and oxygen atoms in total. The molecular formula is C15H12N4O2. The lowest BCUT2D eigenvalue weighted by Crippen LogP contribution is -2.35. The van der Waals surface area contributed by atoms with Gasteiger partial charge in [-0.15, -0.1) is 0 Å². The third kappa shape index (κ3) is 2.74. The highest BCUT2D eigenvalue weighted by atomic mass is 16.2. The van der Waals surface area contributed by atoms with Gasteiger partial charge in [0.25, 0.3) is 5.56 Å². The lowest BCUT2D eigenvalue weighted by molar-refractivity contribution is 0.259. The van der Waals surface area contributed by atoms with Crippen molar-refractivity contribution in [3.8, 4) is 0 Å². The number of nitrogens with one attached hydrogen (secondary N) is 2. The second-order valence-electron chi connectivity index (χ2n) is 4.37. The first-order valence-corrected chi connectivity index (χ1v) is 6.33. The van der Waals surface area contributed by atoms with Crippen LogP contribution in [0.1, 0.15) is 0 Å². The van der Waals surface area contributed by atoms with Gasteiger partial charge >= 0.3 is 6.03 Å². The molecule has 0 saturated carbocycles. The Kier molecular flexibility index (Phi) is 3.34.